The van der Waals surface area contributed by atoms with Gasteiger partial charge < -0.3 is 9.84 Å². The van der Waals surface area contributed by atoms with Gasteiger partial charge in [0.1, 0.15) is 6.10 Å². The molecule has 1 aliphatic rings. The van der Waals surface area contributed by atoms with Gasteiger partial charge in [-0.1, -0.05) is 0 Å². The van der Waals surface area contributed by atoms with Gasteiger partial charge in [-0.15, -0.1) is 0 Å². The molecular formula is C11H20F2N2O5S. The van der Waals surface area contributed by atoms with E-state index in [2.05, 4.69) is 0 Å². The lowest BCUT2D eigenvalue weighted by atomic mass is 9.98. The van der Waals surface area contributed by atoms with Crippen LogP contribution in [0.25, 0.3) is 0 Å². The molecule has 0 radical (unpaired) electrons. The topological polar surface area (TPSA) is 95.9 Å². The van der Waals surface area contributed by atoms with Crippen molar-refractivity contribution >= 4 is 16.2 Å². The maximum Gasteiger partial charge on any atom is 0.309 e. The van der Waals surface area contributed by atoms with Crippen LogP contribution in [0.3, 0.4) is 0 Å². The summed E-state index contributed by atoms with van der Waals surface area (Å²) in [6, 6.07) is 0. The minimum absolute atomic E-state index is 0.101. The molecule has 0 aliphatic carbocycles. The second kappa shape index (κ2) is 7.97. The van der Waals surface area contributed by atoms with E-state index >= 15 is 0 Å². The number of hydrogen-bond donors (Lipinski definition) is 2. The predicted molar refractivity (Wildman–Crippen MR) is 69.9 cm³/mol. The monoisotopic (exact) mass is 330 g/mol. The molecule has 0 aromatic carbocycles. The number of aliphatic hydroxyl groups is 1. The van der Waals surface area contributed by atoms with Crippen molar-refractivity contribution in [1.29, 1.82) is 0 Å². The summed E-state index contributed by atoms with van der Waals surface area (Å²) in [6.45, 7) is 1.41. The summed E-state index contributed by atoms with van der Waals surface area (Å²) in [5.41, 5.74) is 0. The fourth-order valence-corrected chi connectivity index (χ4v) is 3.22. The Hall–Kier alpha value is -0.840. The lowest BCUT2D eigenvalue weighted by Gasteiger charge is -2.30. The molecule has 1 rings (SSSR count). The van der Waals surface area contributed by atoms with Gasteiger partial charge in [0.15, 0.2) is 0 Å². The predicted octanol–water partition coefficient (Wildman–Crippen LogP) is -0.278. The zero-order valence-corrected chi connectivity index (χ0v) is 12.5. The molecule has 0 saturated carbocycles. The highest BCUT2D eigenvalue weighted by molar-refractivity contribution is 7.87. The zero-order valence-electron chi connectivity index (χ0n) is 11.7. The van der Waals surface area contributed by atoms with E-state index in [-0.39, 0.29) is 31.6 Å². The standard InChI is InChI=1S/C11H20F2N2O5S/c1-2-20-11(17)8-3-5-15(6-4-8)21(18,19)14-7-9(16)10(12)13/h8-10,14,16H,2-7H2,1H3. The summed E-state index contributed by atoms with van der Waals surface area (Å²) in [5.74, 6) is -0.696. The van der Waals surface area contributed by atoms with Gasteiger partial charge in [-0.05, 0) is 19.8 Å². The van der Waals surface area contributed by atoms with E-state index in [1.54, 1.807) is 6.92 Å². The van der Waals surface area contributed by atoms with Crippen LogP contribution in [0, 0.1) is 5.92 Å². The van der Waals surface area contributed by atoms with E-state index in [9.17, 15) is 22.0 Å². The number of piperidine rings is 1. The third-order valence-electron chi connectivity index (χ3n) is 3.18. The Morgan fingerprint density at radius 3 is 2.48 bits per heavy atom. The number of carbonyl (C=O) groups excluding carboxylic acids is 1. The first-order chi connectivity index (χ1) is 9.77. The Labute approximate surface area is 122 Å². The van der Waals surface area contributed by atoms with Crippen LogP contribution in [0.4, 0.5) is 8.78 Å². The summed E-state index contributed by atoms with van der Waals surface area (Å²) >= 11 is 0. The van der Waals surface area contributed by atoms with Gasteiger partial charge in [-0.2, -0.15) is 17.4 Å². The van der Waals surface area contributed by atoms with E-state index < -0.39 is 29.3 Å². The second-order valence-electron chi connectivity index (χ2n) is 4.68. The average molecular weight is 330 g/mol. The van der Waals surface area contributed by atoms with Crippen LogP contribution in [0.5, 0.6) is 0 Å². The number of hydrogen-bond acceptors (Lipinski definition) is 5. The molecule has 2 N–H and O–H groups in total. The molecule has 1 heterocycles. The number of halogens is 2. The van der Waals surface area contributed by atoms with Crippen molar-refractivity contribution < 1.29 is 31.8 Å². The van der Waals surface area contributed by atoms with Gasteiger partial charge >= 0.3 is 5.97 Å². The maximum atomic E-state index is 12.1. The summed E-state index contributed by atoms with van der Waals surface area (Å²) in [4.78, 5) is 11.5. The maximum absolute atomic E-state index is 12.1. The van der Waals surface area contributed by atoms with E-state index in [4.69, 9.17) is 9.84 Å². The van der Waals surface area contributed by atoms with Crippen molar-refractivity contribution in [2.45, 2.75) is 32.3 Å². The van der Waals surface area contributed by atoms with Crippen LogP contribution in [0.15, 0.2) is 0 Å². The van der Waals surface area contributed by atoms with E-state index in [0.29, 0.717) is 12.8 Å². The Bertz CT molecular complexity index is 438. The van der Waals surface area contributed by atoms with E-state index in [1.807, 2.05) is 4.72 Å². The number of nitrogens with zero attached hydrogens (tertiary/aromatic N) is 1. The quantitative estimate of drug-likeness (QED) is 0.626. The molecule has 7 nitrogen and oxygen atoms in total. The van der Waals surface area contributed by atoms with Gasteiger partial charge in [-0.3, -0.25) is 4.79 Å². The minimum atomic E-state index is -3.94. The van der Waals surface area contributed by atoms with Crippen LogP contribution in [0.1, 0.15) is 19.8 Å². The fourth-order valence-electron chi connectivity index (χ4n) is 1.96. The van der Waals surface area contributed by atoms with Crippen LogP contribution < -0.4 is 4.72 Å². The van der Waals surface area contributed by atoms with Crippen molar-refractivity contribution in [1.82, 2.24) is 9.03 Å². The summed E-state index contributed by atoms with van der Waals surface area (Å²) in [7, 11) is -3.94. The number of alkyl halides is 2. The van der Waals surface area contributed by atoms with Crippen LogP contribution >= 0.6 is 0 Å². The summed E-state index contributed by atoms with van der Waals surface area (Å²) in [6.07, 6.45) is -4.42. The molecule has 0 aromatic heterocycles. The van der Waals surface area contributed by atoms with Gasteiger partial charge in [0.05, 0.1) is 12.5 Å². The Morgan fingerprint density at radius 2 is 2.00 bits per heavy atom. The zero-order chi connectivity index (χ0) is 16.0. The van der Waals surface area contributed by atoms with Crippen molar-refractivity contribution in [3.8, 4) is 0 Å². The molecule has 0 bridgehead atoms. The average Bonchev–Trinajstić information content (AvgIpc) is 2.45. The summed E-state index contributed by atoms with van der Waals surface area (Å²) in [5, 5.41) is 8.91. The number of aliphatic hydroxyl groups excluding tert-OH is 1. The molecule has 0 amide bonds. The van der Waals surface area contributed by atoms with Crippen molar-refractivity contribution in [2.24, 2.45) is 5.92 Å². The third kappa shape index (κ3) is 5.46. The highest BCUT2D eigenvalue weighted by atomic mass is 32.2. The SMILES string of the molecule is CCOC(=O)C1CCN(S(=O)(=O)NCC(O)C(F)F)CC1. The van der Waals surface area contributed by atoms with E-state index in [1.165, 1.54) is 0 Å². The van der Waals surface area contributed by atoms with Crippen molar-refractivity contribution in [3.63, 3.8) is 0 Å². The van der Waals surface area contributed by atoms with Crippen LogP contribution in [0.2, 0.25) is 0 Å². The second-order valence-corrected chi connectivity index (χ2v) is 6.44. The molecule has 1 atom stereocenters. The van der Waals surface area contributed by atoms with Gasteiger partial charge in [0, 0.05) is 19.6 Å². The number of carbonyl (C=O) groups is 1. The largest absolute Gasteiger partial charge is 0.466 e. The molecule has 1 fully saturated rings. The lowest BCUT2D eigenvalue weighted by molar-refractivity contribution is -0.149. The normalized spacial score (nSPS) is 19.7. The van der Waals surface area contributed by atoms with Gasteiger partial charge in [-0.25, -0.2) is 8.78 Å². The van der Waals surface area contributed by atoms with E-state index in [0.717, 1.165) is 4.31 Å². The summed E-state index contributed by atoms with van der Waals surface area (Å²) < 4.78 is 55.8. The fraction of sp³-hybridized carbons (Fsp3) is 0.909. The van der Waals surface area contributed by atoms with Crippen LogP contribution in [-0.4, -0.2) is 62.6 Å². The van der Waals surface area contributed by atoms with Crippen molar-refractivity contribution in [2.75, 3.05) is 26.2 Å². The van der Waals surface area contributed by atoms with Crippen molar-refractivity contribution in [3.05, 3.63) is 0 Å². The number of ether oxygens (including phenoxy) is 1. The molecule has 10 heteroatoms. The Balaban J connectivity index is 2.47. The first-order valence-electron chi connectivity index (χ1n) is 6.65. The van der Waals surface area contributed by atoms with Crippen LogP contribution in [-0.2, 0) is 19.7 Å². The molecule has 21 heavy (non-hydrogen) atoms. The first-order valence-corrected chi connectivity index (χ1v) is 8.09. The highest BCUT2D eigenvalue weighted by Crippen LogP contribution is 2.20. The molecule has 1 saturated heterocycles. The number of nitrogens with one attached hydrogen (secondary N) is 1. The lowest BCUT2D eigenvalue weighted by Crippen LogP contribution is -2.48. The van der Waals surface area contributed by atoms with Gasteiger partial charge in [0.2, 0.25) is 0 Å². The molecule has 0 aromatic rings. The number of esters is 1. The Kier molecular flexibility index (Phi) is 6.91. The molecular weight excluding hydrogens is 310 g/mol. The number of rotatable bonds is 7. The first kappa shape index (κ1) is 18.2. The highest BCUT2D eigenvalue weighted by Gasteiger charge is 2.32. The molecule has 0 spiro atoms. The smallest absolute Gasteiger partial charge is 0.309 e. The Morgan fingerprint density at radius 1 is 1.43 bits per heavy atom. The minimum Gasteiger partial charge on any atom is -0.466 e. The molecule has 124 valence electrons. The molecule has 1 unspecified atom stereocenters. The molecule has 1 aliphatic heterocycles. The van der Waals surface area contributed by atoms with Gasteiger partial charge in [0.25, 0.3) is 16.6 Å². The third-order valence-corrected chi connectivity index (χ3v) is 4.76.